The van der Waals surface area contributed by atoms with Gasteiger partial charge in [-0.2, -0.15) is 0 Å². The summed E-state index contributed by atoms with van der Waals surface area (Å²) in [7, 11) is 0. The van der Waals surface area contributed by atoms with Gasteiger partial charge in [-0.25, -0.2) is 0 Å². The van der Waals surface area contributed by atoms with Crippen LogP contribution in [0.3, 0.4) is 0 Å². The van der Waals surface area contributed by atoms with E-state index in [1.165, 1.54) is 0 Å². The summed E-state index contributed by atoms with van der Waals surface area (Å²) in [6.45, 7) is 9.03. The molecule has 1 atom stereocenters. The van der Waals surface area contributed by atoms with E-state index in [4.69, 9.17) is 9.47 Å². The Morgan fingerprint density at radius 2 is 1.95 bits per heavy atom. The van der Waals surface area contributed by atoms with Crippen LogP contribution < -0.4 is 0 Å². The molecule has 0 aromatic carbocycles. The van der Waals surface area contributed by atoms with Crippen LogP contribution in [0.15, 0.2) is 17.5 Å². The predicted molar refractivity (Wildman–Crippen MR) is 83.2 cm³/mol. The maximum atomic E-state index is 12.2. The second-order valence-electron chi connectivity index (χ2n) is 6.26. The Morgan fingerprint density at radius 1 is 1.29 bits per heavy atom. The highest BCUT2D eigenvalue weighted by Gasteiger charge is 2.27. The van der Waals surface area contributed by atoms with Gasteiger partial charge < -0.3 is 9.47 Å². The van der Waals surface area contributed by atoms with Crippen LogP contribution in [-0.2, 0) is 25.5 Å². The first-order valence-electron chi connectivity index (χ1n) is 7.12. The zero-order chi connectivity index (χ0) is 16.0. The maximum absolute atomic E-state index is 12.2. The van der Waals surface area contributed by atoms with Gasteiger partial charge in [0.05, 0.1) is 18.4 Å². The topological polar surface area (TPSA) is 52.6 Å². The molecule has 0 aliphatic heterocycles. The minimum Gasteiger partial charge on any atom is -0.463 e. The Morgan fingerprint density at radius 3 is 2.43 bits per heavy atom. The van der Waals surface area contributed by atoms with E-state index < -0.39 is 11.5 Å². The standard InChI is InChI=1S/C16H24O4S/c1-11(2)19-15(18)12(9-13-7-6-8-21-13)10-14(17)20-16(3,4)5/h6-8,11-12H,9-10H2,1-5H3/t12-/m0/s1. The fourth-order valence-electron chi connectivity index (χ4n) is 1.82. The zero-order valence-corrected chi connectivity index (χ0v) is 14.2. The lowest BCUT2D eigenvalue weighted by atomic mass is 10.0. The summed E-state index contributed by atoms with van der Waals surface area (Å²) in [5, 5.41) is 1.95. The third-order valence-corrected chi connectivity index (χ3v) is 3.44. The third kappa shape index (κ3) is 7.27. The first-order valence-corrected chi connectivity index (χ1v) is 8.00. The molecule has 0 radical (unpaired) electrons. The van der Waals surface area contributed by atoms with Crippen molar-refractivity contribution in [1.29, 1.82) is 0 Å². The maximum Gasteiger partial charge on any atom is 0.310 e. The molecule has 0 spiro atoms. The molecule has 0 amide bonds. The van der Waals surface area contributed by atoms with E-state index in [0.717, 1.165) is 4.88 Å². The molecule has 1 rings (SSSR count). The molecule has 21 heavy (non-hydrogen) atoms. The van der Waals surface area contributed by atoms with Gasteiger partial charge in [-0.05, 0) is 52.5 Å². The lowest BCUT2D eigenvalue weighted by molar-refractivity contribution is -0.163. The van der Waals surface area contributed by atoms with Gasteiger partial charge in [-0.3, -0.25) is 9.59 Å². The second kappa shape index (κ2) is 7.59. The molecule has 5 heteroatoms. The molecular weight excluding hydrogens is 288 g/mol. The number of rotatable bonds is 6. The minimum atomic E-state index is -0.549. The third-order valence-electron chi connectivity index (χ3n) is 2.55. The molecular formula is C16H24O4S. The van der Waals surface area contributed by atoms with E-state index in [9.17, 15) is 9.59 Å². The first-order chi connectivity index (χ1) is 9.67. The molecule has 0 saturated carbocycles. The quantitative estimate of drug-likeness (QED) is 0.753. The molecule has 1 aromatic heterocycles. The highest BCUT2D eigenvalue weighted by Crippen LogP contribution is 2.21. The summed E-state index contributed by atoms with van der Waals surface area (Å²) < 4.78 is 10.5. The molecule has 0 saturated heterocycles. The number of carbonyl (C=O) groups excluding carboxylic acids is 2. The van der Waals surface area contributed by atoms with Crippen LogP contribution in [0.5, 0.6) is 0 Å². The largest absolute Gasteiger partial charge is 0.463 e. The van der Waals surface area contributed by atoms with Crippen molar-refractivity contribution in [3.8, 4) is 0 Å². The van der Waals surface area contributed by atoms with Crippen LogP contribution >= 0.6 is 11.3 Å². The number of hydrogen-bond donors (Lipinski definition) is 0. The number of ether oxygens (including phenoxy) is 2. The summed E-state index contributed by atoms with van der Waals surface area (Å²) in [5.74, 6) is -1.21. The van der Waals surface area contributed by atoms with Crippen LogP contribution in [-0.4, -0.2) is 23.6 Å². The van der Waals surface area contributed by atoms with Crippen molar-refractivity contribution in [2.45, 2.75) is 59.2 Å². The van der Waals surface area contributed by atoms with E-state index in [1.807, 2.05) is 38.3 Å². The van der Waals surface area contributed by atoms with E-state index in [0.29, 0.717) is 6.42 Å². The van der Waals surface area contributed by atoms with Crippen LogP contribution in [0, 0.1) is 5.92 Å². The van der Waals surface area contributed by atoms with E-state index in [-0.39, 0.29) is 24.5 Å². The zero-order valence-electron chi connectivity index (χ0n) is 13.3. The Balaban J connectivity index is 2.71. The first kappa shape index (κ1) is 17.7. The van der Waals surface area contributed by atoms with Crippen molar-refractivity contribution < 1.29 is 19.1 Å². The van der Waals surface area contributed by atoms with Crippen molar-refractivity contribution in [3.05, 3.63) is 22.4 Å². The van der Waals surface area contributed by atoms with Gasteiger partial charge in [-0.15, -0.1) is 11.3 Å². The Bertz CT molecular complexity index is 457. The Labute approximate surface area is 130 Å². The van der Waals surface area contributed by atoms with Crippen LogP contribution in [0.2, 0.25) is 0 Å². The fourth-order valence-corrected chi connectivity index (χ4v) is 2.61. The highest BCUT2D eigenvalue weighted by molar-refractivity contribution is 7.09. The van der Waals surface area contributed by atoms with E-state index in [1.54, 1.807) is 25.2 Å². The second-order valence-corrected chi connectivity index (χ2v) is 7.29. The molecule has 1 aromatic rings. The summed E-state index contributed by atoms with van der Waals surface area (Å²) in [6.07, 6.45) is 0.352. The molecule has 0 aliphatic rings. The van der Waals surface area contributed by atoms with Crippen LogP contribution in [0.25, 0.3) is 0 Å². The van der Waals surface area contributed by atoms with Crippen molar-refractivity contribution in [2.24, 2.45) is 5.92 Å². The van der Waals surface area contributed by atoms with Gasteiger partial charge in [-0.1, -0.05) is 6.07 Å². The molecule has 0 unspecified atom stereocenters. The summed E-state index contributed by atoms with van der Waals surface area (Å²) in [5.41, 5.74) is -0.549. The van der Waals surface area contributed by atoms with Gasteiger partial charge in [0.1, 0.15) is 5.60 Å². The average Bonchev–Trinajstić information content (AvgIpc) is 2.77. The number of hydrogen-bond acceptors (Lipinski definition) is 5. The van der Waals surface area contributed by atoms with Gasteiger partial charge >= 0.3 is 11.9 Å². The molecule has 0 aliphatic carbocycles. The summed E-state index contributed by atoms with van der Waals surface area (Å²) in [4.78, 5) is 25.2. The highest BCUT2D eigenvalue weighted by atomic mass is 32.1. The minimum absolute atomic E-state index is 0.0424. The van der Waals surface area contributed by atoms with Crippen molar-refractivity contribution >= 4 is 23.3 Å². The van der Waals surface area contributed by atoms with Crippen LogP contribution in [0.1, 0.15) is 45.9 Å². The normalized spacial score (nSPS) is 13.0. The van der Waals surface area contributed by atoms with Gasteiger partial charge in [0.15, 0.2) is 0 Å². The lowest BCUT2D eigenvalue weighted by Gasteiger charge is -2.22. The van der Waals surface area contributed by atoms with Crippen LogP contribution in [0.4, 0.5) is 0 Å². The average molecular weight is 312 g/mol. The Kier molecular flexibility index (Phi) is 6.40. The fraction of sp³-hybridized carbons (Fsp3) is 0.625. The summed E-state index contributed by atoms with van der Waals surface area (Å²) in [6, 6.07) is 3.88. The number of esters is 2. The molecule has 0 bridgehead atoms. The van der Waals surface area contributed by atoms with E-state index >= 15 is 0 Å². The Hall–Kier alpha value is -1.36. The van der Waals surface area contributed by atoms with Crippen molar-refractivity contribution in [2.75, 3.05) is 0 Å². The summed E-state index contributed by atoms with van der Waals surface area (Å²) >= 11 is 1.57. The predicted octanol–water partition coefficient (Wildman–Crippen LogP) is 3.59. The van der Waals surface area contributed by atoms with Crippen molar-refractivity contribution in [3.63, 3.8) is 0 Å². The lowest BCUT2D eigenvalue weighted by Crippen LogP contribution is -2.29. The van der Waals surface area contributed by atoms with Gasteiger partial charge in [0.2, 0.25) is 0 Å². The molecule has 0 fully saturated rings. The van der Waals surface area contributed by atoms with E-state index in [2.05, 4.69) is 0 Å². The monoisotopic (exact) mass is 312 g/mol. The smallest absolute Gasteiger partial charge is 0.310 e. The SMILES string of the molecule is CC(C)OC(=O)[C@H](CC(=O)OC(C)(C)C)Cc1cccs1. The molecule has 1 heterocycles. The van der Waals surface area contributed by atoms with Gasteiger partial charge in [0.25, 0.3) is 0 Å². The molecule has 0 N–H and O–H groups in total. The number of carbonyl (C=O) groups is 2. The van der Waals surface area contributed by atoms with Crippen molar-refractivity contribution in [1.82, 2.24) is 0 Å². The molecule has 118 valence electrons. The molecule has 4 nitrogen and oxygen atoms in total. The van der Waals surface area contributed by atoms with Gasteiger partial charge in [0, 0.05) is 4.88 Å². The number of thiophene rings is 1.